The van der Waals surface area contributed by atoms with Crippen molar-refractivity contribution in [3.63, 3.8) is 0 Å². The van der Waals surface area contributed by atoms with Crippen LogP contribution in [0.4, 0.5) is 0 Å². The van der Waals surface area contributed by atoms with E-state index in [0.29, 0.717) is 23.0 Å². The van der Waals surface area contributed by atoms with Gasteiger partial charge in [-0.2, -0.15) is 0 Å². The molecule has 4 aliphatic rings. The number of hydrogen-bond donors (Lipinski definition) is 1. The molecule has 3 fully saturated rings. The third kappa shape index (κ3) is 3.48. The summed E-state index contributed by atoms with van der Waals surface area (Å²) in [5, 5.41) is 10.2. The summed E-state index contributed by atoms with van der Waals surface area (Å²) in [5.41, 5.74) is 3.91. The molecule has 0 spiro atoms. The maximum absolute atomic E-state index is 12.2. The van der Waals surface area contributed by atoms with Crippen LogP contribution in [0, 0.1) is 40.4 Å². The zero-order valence-corrected chi connectivity index (χ0v) is 19.3. The Morgan fingerprint density at radius 2 is 1.83 bits per heavy atom. The molecular formula is C27H42O2. The fourth-order valence-electron chi connectivity index (χ4n) is 7.82. The molecule has 1 N–H and O–H groups in total. The zero-order valence-electron chi connectivity index (χ0n) is 19.3. The first-order valence-electron chi connectivity index (χ1n) is 12.3. The summed E-state index contributed by atoms with van der Waals surface area (Å²) < 4.78 is 0. The Labute approximate surface area is 178 Å². The summed E-state index contributed by atoms with van der Waals surface area (Å²) in [6.07, 6.45) is 14.8. The van der Waals surface area contributed by atoms with Gasteiger partial charge in [0.15, 0.2) is 0 Å². The Bertz CT molecular complexity index is 716. The first kappa shape index (κ1) is 21.3. The maximum Gasteiger partial charge on any atom is 0.135 e. The van der Waals surface area contributed by atoms with Crippen molar-refractivity contribution in [3.05, 3.63) is 23.3 Å². The predicted octanol–water partition coefficient (Wildman–Crippen LogP) is 6.49. The minimum atomic E-state index is -0.136. The molecular weight excluding hydrogens is 356 g/mol. The lowest BCUT2D eigenvalue weighted by molar-refractivity contribution is -0.122. The number of carbonyl (C=O) groups is 1. The minimum absolute atomic E-state index is 0.136. The van der Waals surface area contributed by atoms with Gasteiger partial charge in [-0.1, -0.05) is 57.9 Å². The normalized spacial score (nSPS) is 42.4. The van der Waals surface area contributed by atoms with Gasteiger partial charge in [0.1, 0.15) is 5.78 Å². The first-order chi connectivity index (χ1) is 13.7. The molecule has 0 radical (unpaired) electrons. The Morgan fingerprint density at radius 1 is 1.07 bits per heavy atom. The van der Waals surface area contributed by atoms with Crippen molar-refractivity contribution >= 4 is 5.78 Å². The number of rotatable bonds is 5. The van der Waals surface area contributed by atoms with Gasteiger partial charge in [-0.05, 0) is 85.9 Å². The van der Waals surface area contributed by atoms with E-state index in [-0.39, 0.29) is 17.4 Å². The van der Waals surface area contributed by atoms with Crippen LogP contribution >= 0.6 is 0 Å². The van der Waals surface area contributed by atoms with E-state index in [1.165, 1.54) is 31.3 Å². The molecule has 4 rings (SSSR count). The monoisotopic (exact) mass is 398 g/mol. The smallest absolute Gasteiger partial charge is 0.135 e. The fraction of sp³-hybridized carbons (Fsp3) is 0.815. The molecule has 0 aromatic heterocycles. The van der Waals surface area contributed by atoms with E-state index in [1.807, 2.05) is 13.8 Å². The van der Waals surface area contributed by atoms with Crippen LogP contribution in [-0.2, 0) is 4.79 Å². The number of aliphatic hydroxyl groups excluding tert-OH is 1. The van der Waals surface area contributed by atoms with Crippen molar-refractivity contribution in [1.29, 1.82) is 0 Å². The summed E-state index contributed by atoms with van der Waals surface area (Å²) in [7, 11) is 0. The van der Waals surface area contributed by atoms with Crippen LogP contribution in [0.15, 0.2) is 23.3 Å². The summed E-state index contributed by atoms with van der Waals surface area (Å²) in [6.45, 7) is 11.5. The summed E-state index contributed by atoms with van der Waals surface area (Å²) >= 11 is 0. The van der Waals surface area contributed by atoms with Crippen molar-refractivity contribution in [3.8, 4) is 0 Å². The number of hydrogen-bond acceptors (Lipinski definition) is 2. The van der Waals surface area contributed by atoms with Crippen LogP contribution < -0.4 is 0 Å². The second-order valence-electron chi connectivity index (χ2n) is 11.6. The van der Waals surface area contributed by atoms with Gasteiger partial charge in [-0.15, -0.1) is 0 Å². The predicted molar refractivity (Wildman–Crippen MR) is 119 cm³/mol. The topological polar surface area (TPSA) is 37.3 Å². The number of Topliss-reactive ketones (excluding diaryl/α,β-unsaturated/α-hetero) is 1. The van der Waals surface area contributed by atoms with E-state index in [9.17, 15) is 9.90 Å². The van der Waals surface area contributed by atoms with Crippen LogP contribution in [-0.4, -0.2) is 17.0 Å². The Morgan fingerprint density at radius 3 is 2.55 bits per heavy atom. The van der Waals surface area contributed by atoms with Gasteiger partial charge in [0.05, 0.1) is 6.10 Å². The maximum atomic E-state index is 12.2. The van der Waals surface area contributed by atoms with Crippen LogP contribution in [0.3, 0.4) is 0 Å². The third-order valence-corrected chi connectivity index (χ3v) is 9.79. The molecule has 0 amide bonds. The summed E-state index contributed by atoms with van der Waals surface area (Å²) in [5.74, 6) is 3.40. The highest BCUT2D eigenvalue weighted by molar-refractivity contribution is 5.80. The Hall–Kier alpha value is -0.890. The Kier molecular flexibility index (Phi) is 5.64. The second kappa shape index (κ2) is 7.66. The quantitative estimate of drug-likeness (QED) is 0.575. The minimum Gasteiger partial charge on any atom is -0.393 e. The molecule has 2 heteroatoms. The Balaban J connectivity index is 1.53. The molecule has 0 aromatic rings. The lowest BCUT2D eigenvalue weighted by atomic mass is 9.50. The number of allylic oxidation sites excluding steroid dienone is 3. The number of aliphatic hydroxyl groups is 1. The van der Waals surface area contributed by atoms with E-state index < -0.39 is 0 Å². The van der Waals surface area contributed by atoms with Crippen LogP contribution in [0.5, 0.6) is 0 Å². The van der Waals surface area contributed by atoms with Crippen LogP contribution in [0.25, 0.3) is 0 Å². The SMILES string of the molecule is CC(C)C(=O)CC[C@@H](C)[C@H]1CC[C@H]2C3=CC=C4C[C@H](O)CC[C@]4(C)[C@H]3CC[C@]12C. The largest absolute Gasteiger partial charge is 0.393 e. The molecule has 0 aromatic carbocycles. The van der Waals surface area contributed by atoms with Crippen molar-refractivity contribution in [2.24, 2.45) is 40.4 Å². The lowest BCUT2D eigenvalue weighted by Gasteiger charge is -2.55. The van der Waals surface area contributed by atoms with E-state index in [2.05, 4.69) is 32.9 Å². The van der Waals surface area contributed by atoms with Crippen molar-refractivity contribution < 1.29 is 9.90 Å². The molecule has 162 valence electrons. The molecule has 3 saturated carbocycles. The molecule has 29 heavy (non-hydrogen) atoms. The van der Waals surface area contributed by atoms with Gasteiger partial charge in [-0.25, -0.2) is 0 Å². The summed E-state index contributed by atoms with van der Waals surface area (Å²) in [6, 6.07) is 0. The molecule has 0 unspecified atom stereocenters. The molecule has 7 atom stereocenters. The van der Waals surface area contributed by atoms with Gasteiger partial charge < -0.3 is 5.11 Å². The van der Waals surface area contributed by atoms with Crippen molar-refractivity contribution in [2.75, 3.05) is 0 Å². The van der Waals surface area contributed by atoms with E-state index >= 15 is 0 Å². The first-order valence-corrected chi connectivity index (χ1v) is 12.3. The van der Waals surface area contributed by atoms with E-state index in [1.54, 1.807) is 5.57 Å². The average Bonchev–Trinajstić information content (AvgIpc) is 3.03. The highest BCUT2D eigenvalue weighted by atomic mass is 16.3. The molecule has 0 heterocycles. The molecule has 0 aliphatic heterocycles. The number of carbonyl (C=O) groups excluding carboxylic acids is 1. The van der Waals surface area contributed by atoms with Gasteiger partial charge in [0.2, 0.25) is 0 Å². The van der Waals surface area contributed by atoms with Gasteiger partial charge in [-0.3, -0.25) is 4.79 Å². The number of ketones is 1. The zero-order chi connectivity index (χ0) is 21.0. The molecule has 0 saturated heterocycles. The molecule has 2 nitrogen and oxygen atoms in total. The molecule has 4 aliphatic carbocycles. The van der Waals surface area contributed by atoms with Gasteiger partial charge >= 0.3 is 0 Å². The van der Waals surface area contributed by atoms with Crippen LogP contribution in [0.1, 0.15) is 92.4 Å². The van der Waals surface area contributed by atoms with Gasteiger partial charge in [0, 0.05) is 12.3 Å². The van der Waals surface area contributed by atoms with Crippen molar-refractivity contribution in [1.82, 2.24) is 0 Å². The fourth-order valence-corrected chi connectivity index (χ4v) is 7.82. The second-order valence-corrected chi connectivity index (χ2v) is 11.6. The van der Waals surface area contributed by atoms with E-state index in [4.69, 9.17) is 0 Å². The lowest BCUT2D eigenvalue weighted by Crippen LogP contribution is -2.46. The molecule has 0 bridgehead atoms. The van der Waals surface area contributed by atoms with Gasteiger partial charge in [0.25, 0.3) is 0 Å². The van der Waals surface area contributed by atoms with Crippen molar-refractivity contribution in [2.45, 2.75) is 98.5 Å². The standard InChI is InChI=1S/C27H42O2/c1-17(2)25(29)11-6-18(3)22-9-10-23-21-8-7-19-16-20(28)12-14-26(19,4)24(21)13-15-27(22,23)5/h7-8,17-18,20,22-24,28H,6,9-16H2,1-5H3/t18-,20-,22-,23+,24+,26+,27-/m1/s1. The highest BCUT2D eigenvalue weighted by Gasteiger charge is 2.56. The third-order valence-electron chi connectivity index (χ3n) is 9.79. The van der Waals surface area contributed by atoms with Crippen LogP contribution in [0.2, 0.25) is 0 Å². The number of fused-ring (bicyclic) bond motifs is 5. The highest BCUT2D eigenvalue weighted by Crippen LogP contribution is 2.66. The summed E-state index contributed by atoms with van der Waals surface area (Å²) in [4.78, 5) is 12.2. The average molecular weight is 399 g/mol. The van der Waals surface area contributed by atoms with E-state index in [0.717, 1.165) is 43.9 Å².